The zero-order valence-corrected chi connectivity index (χ0v) is 14.7. The van der Waals surface area contributed by atoms with E-state index in [1.807, 2.05) is 30.5 Å². The fraction of sp³-hybridized carbons (Fsp3) is 0.167. The molecular weight excluding hydrogens is 338 g/mol. The molecule has 7 heteroatoms. The van der Waals surface area contributed by atoms with Gasteiger partial charge in [-0.1, -0.05) is 18.2 Å². The lowest BCUT2D eigenvalue weighted by molar-refractivity contribution is -0.119. The number of nitrogens with one attached hydrogen (secondary N) is 1. The molecule has 1 amide bonds. The molecular formula is C18H17N3O3S. The number of carbonyl (C=O) groups excluding carboxylic acids is 1. The van der Waals surface area contributed by atoms with Crippen LogP contribution in [0.25, 0.3) is 16.5 Å². The highest BCUT2D eigenvalue weighted by Crippen LogP contribution is 2.19. The smallest absolute Gasteiger partial charge is 0.280 e. The molecule has 2 heterocycles. The molecule has 0 aliphatic rings. The summed E-state index contributed by atoms with van der Waals surface area (Å²) in [7, 11) is 0. The minimum atomic E-state index is -0.433. The molecule has 25 heavy (non-hydrogen) atoms. The maximum atomic E-state index is 12.5. The largest absolute Gasteiger partial charge is 0.491 e. The third-order valence-electron chi connectivity index (χ3n) is 3.56. The van der Waals surface area contributed by atoms with Gasteiger partial charge in [0.2, 0.25) is 0 Å². The number of ether oxygens (including phenoxy) is 1. The molecule has 1 aromatic carbocycles. The van der Waals surface area contributed by atoms with Crippen molar-refractivity contribution in [3.63, 3.8) is 0 Å². The first kappa shape index (κ1) is 16.9. The fourth-order valence-electron chi connectivity index (χ4n) is 2.34. The molecule has 0 unspecified atom stereocenters. The topological polar surface area (TPSA) is 73.2 Å². The standard InChI is InChI=1S/C18H17N3O3S/c1-12(16-8-5-9-25-16)10-24-11-17(22)20-21-13(2)19-15-7-4-3-6-14(15)18(21)23/h3-10H,11H2,1-2H3,(H,20,22)/b12-10+. The van der Waals surface area contributed by atoms with Gasteiger partial charge in [0.25, 0.3) is 11.5 Å². The Kier molecular flexibility index (Phi) is 4.95. The van der Waals surface area contributed by atoms with Crippen molar-refractivity contribution in [2.45, 2.75) is 13.8 Å². The number of aromatic nitrogens is 2. The highest BCUT2D eigenvalue weighted by Gasteiger charge is 2.10. The van der Waals surface area contributed by atoms with Crippen LogP contribution in [0, 0.1) is 6.92 Å². The number of aryl methyl sites for hydroxylation is 1. The molecule has 0 saturated heterocycles. The molecule has 6 nitrogen and oxygen atoms in total. The van der Waals surface area contributed by atoms with Crippen molar-refractivity contribution in [3.8, 4) is 0 Å². The van der Waals surface area contributed by atoms with Crippen LogP contribution in [-0.2, 0) is 9.53 Å². The highest BCUT2D eigenvalue weighted by atomic mass is 32.1. The summed E-state index contributed by atoms with van der Waals surface area (Å²) in [5.74, 6) is -0.0279. The van der Waals surface area contributed by atoms with Gasteiger partial charge in [-0.2, -0.15) is 0 Å². The van der Waals surface area contributed by atoms with Crippen LogP contribution in [-0.4, -0.2) is 22.2 Å². The molecule has 0 fully saturated rings. The Morgan fingerprint density at radius 3 is 2.88 bits per heavy atom. The zero-order chi connectivity index (χ0) is 17.8. The molecule has 0 spiro atoms. The summed E-state index contributed by atoms with van der Waals surface area (Å²) >= 11 is 1.59. The van der Waals surface area contributed by atoms with E-state index >= 15 is 0 Å². The van der Waals surface area contributed by atoms with Crippen molar-refractivity contribution in [2.75, 3.05) is 12.0 Å². The van der Waals surface area contributed by atoms with Crippen LogP contribution in [0.3, 0.4) is 0 Å². The van der Waals surface area contributed by atoms with E-state index in [1.54, 1.807) is 42.7 Å². The van der Waals surface area contributed by atoms with Crippen molar-refractivity contribution in [2.24, 2.45) is 0 Å². The van der Waals surface area contributed by atoms with Crippen LogP contribution in [0.5, 0.6) is 0 Å². The maximum Gasteiger partial charge on any atom is 0.280 e. The molecule has 3 aromatic rings. The van der Waals surface area contributed by atoms with Crippen molar-refractivity contribution >= 4 is 33.7 Å². The van der Waals surface area contributed by atoms with Crippen molar-refractivity contribution in [1.82, 2.24) is 9.66 Å². The fourth-order valence-corrected chi connectivity index (χ4v) is 3.03. The Morgan fingerprint density at radius 2 is 2.12 bits per heavy atom. The minimum Gasteiger partial charge on any atom is -0.491 e. The normalized spacial score (nSPS) is 11.5. The molecule has 0 bridgehead atoms. The number of nitrogens with zero attached hydrogens (tertiary/aromatic N) is 2. The second-order valence-corrected chi connectivity index (χ2v) is 6.39. The number of hydrogen-bond acceptors (Lipinski definition) is 5. The Hall–Kier alpha value is -2.93. The van der Waals surface area contributed by atoms with Crippen LogP contribution < -0.4 is 11.0 Å². The highest BCUT2D eigenvalue weighted by molar-refractivity contribution is 7.11. The molecule has 1 N–H and O–H groups in total. The van der Waals surface area contributed by atoms with Crippen molar-refractivity contribution in [3.05, 3.63) is 69.1 Å². The Labute approximate surface area is 148 Å². The second-order valence-electron chi connectivity index (χ2n) is 5.44. The lowest BCUT2D eigenvalue weighted by Gasteiger charge is -2.11. The number of fused-ring (bicyclic) bond motifs is 1. The average Bonchev–Trinajstić information content (AvgIpc) is 3.13. The van der Waals surface area contributed by atoms with Gasteiger partial charge < -0.3 is 4.74 Å². The number of carbonyl (C=O) groups is 1. The summed E-state index contributed by atoms with van der Waals surface area (Å²) in [6.45, 7) is 3.38. The summed E-state index contributed by atoms with van der Waals surface area (Å²) in [5, 5.41) is 2.42. The van der Waals surface area contributed by atoms with E-state index < -0.39 is 5.91 Å². The Bertz CT molecular complexity index is 990. The van der Waals surface area contributed by atoms with Crippen LogP contribution in [0.15, 0.2) is 52.8 Å². The van der Waals surface area contributed by atoms with Gasteiger partial charge in [-0.05, 0) is 37.4 Å². The Balaban J connectivity index is 1.70. The molecule has 0 aliphatic carbocycles. The third kappa shape index (κ3) is 3.77. The first-order valence-electron chi connectivity index (χ1n) is 7.67. The number of benzene rings is 1. The maximum absolute atomic E-state index is 12.5. The van der Waals surface area contributed by atoms with E-state index in [0.29, 0.717) is 16.7 Å². The van der Waals surface area contributed by atoms with E-state index in [0.717, 1.165) is 15.1 Å². The van der Waals surface area contributed by atoms with Gasteiger partial charge in [-0.3, -0.25) is 15.0 Å². The van der Waals surface area contributed by atoms with Crippen LogP contribution >= 0.6 is 11.3 Å². The Morgan fingerprint density at radius 1 is 1.32 bits per heavy atom. The van der Waals surface area contributed by atoms with E-state index in [9.17, 15) is 9.59 Å². The van der Waals surface area contributed by atoms with Gasteiger partial charge in [0.05, 0.1) is 17.2 Å². The summed E-state index contributed by atoms with van der Waals surface area (Å²) in [6, 6.07) is 10.9. The molecule has 0 aliphatic heterocycles. The molecule has 128 valence electrons. The first-order valence-corrected chi connectivity index (χ1v) is 8.55. The zero-order valence-electron chi connectivity index (χ0n) is 13.9. The van der Waals surface area contributed by atoms with Crippen molar-refractivity contribution < 1.29 is 9.53 Å². The van der Waals surface area contributed by atoms with Gasteiger partial charge in [0.15, 0.2) is 6.61 Å². The molecule has 0 atom stereocenters. The summed E-state index contributed by atoms with van der Waals surface area (Å²) in [5.41, 5.74) is 3.74. The van der Waals surface area contributed by atoms with E-state index in [-0.39, 0.29) is 12.2 Å². The number of para-hydroxylation sites is 1. The van der Waals surface area contributed by atoms with Gasteiger partial charge in [0, 0.05) is 10.5 Å². The summed E-state index contributed by atoms with van der Waals surface area (Å²) in [6.07, 6.45) is 1.54. The summed E-state index contributed by atoms with van der Waals surface area (Å²) in [4.78, 5) is 30.0. The predicted molar refractivity (Wildman–Crippen MR) is 99.0 cm³/mol. The molecule has 0 radical (unpaired) electrons. The van der Waals surface area contributed by atoms with Crippen LogP contribution in [0.1, 0.15) is 17.6 Å². The SMILES string of the molecule is C/C(=C\OCC(=O)Nn1c(C)nc2ccccc2c1=O)c1cccs1. The van der Waals surface area contributed by atoms with Gasteiger partial charge in [-0.25, -0.2) is 9.66 Å². The van der Waals surface area contributed by atoms with E-state index in [4.69, 9.17) is 4.74 Å². The average molecular weight is 355 g/mol. The molecule has 3 rings (SSSR count). The second kappa shape index (κ2) is 7.31. The van der Waals surface area contributed by atoms with Gasteiger partial charge in [-0.15, -0.1) is 11.3 Å². The number of thiophene rings is 1. The lowest BCUT2D eigenvalue weighted by atomic mass is 10.2. The number of rotatable bonds is 5. The monoisotopic (exact) mass is 355 g/mol. The predicted octanol–water partition coefficient (Wildman–Crippen LogP) is 2.91. The molecule has 2 aromatic heterocycles. The van der Waals surface area contributed by atoms with Crippen LogP contribution in [0.4, 0.5) is 0 Å². The quantitative estimate of drug-likeness (QED) is 0.714. The molecule has 0 saturated carbocycles. The van der Waals surface area contributed by atoms with E-state index in [2.05, 4.69) is 10.4 Å². The van der Waals surface area contributed by atoms with Crippen LogP contribution in [0.2, 0.25) is 0 Å². The van der Waals surface area contributed by atoms with Gasteiger partial charge in [0.1, 0.15) is 5.82 Å². The number of amides is 1. The number of hydrogen-bond donors (Lipinski definition) is 1. The lowest BCUT2D eigenvalue weighted by Crippen LogP contribution is -2.37. The summed E-state index contributed by atoms with van der Waals surface area (Å²) < 4.78 is 6.46. The van der Waals surface area contributed by atoms with Gasteiger partial charge >= 0.3 is 0 Å². The van der Waals surface area contributed by atoms with E-state index in [1.165, 1.54) is 0 Å². The minimum absolute atomic E-state index is 0.193. The van der Waals surface area contributed by atoms with Crippen molar-refractivity contribution in [1.29, 1.82) is 0 Å². The third-order valence-corrected chi connectivity index (χ3v) is 4.57. The first-order chi connectivity index (χ1) is 12.1. The number of allylic oxidation sites excluding steroid dienone is 1.